The minimum atomic E-state index is -1.45. The monoisotopic (exact) mass is 234 g/mol. The molecule has 0 radical (unpaired) electrons. The van der Waals surface area contributed by atoms with Gasteiger partial charge in [-0.25, -0.2) is 4.79 Å². The van der Waals surface area contributed by atoms with Gasteiger partial charge < -0.3 is 25.2 Å². The van der Waals surface area contributed by atoms with Gasteiger partial charge in [0.15, 0.2) is 0 Å². The predicted molar refractivity (Wildman–Crippen MR) is 55.5 cm³/mol. The molecule has 6 nitrogen and oxygen atoms in total. The molecule has 0 aromatic carbocycles. The van der Waals surface area contributed by atoms with Crippen LogP contribution in [0, 0.1) is 0 Å². The van der Waals surface area contributed by atoms with E-state index in [2.05, 4.69) is 4.74 Å². The number of hydrogen-bond acceptors (Lipinski definition) is 6. The number of carbonyl (C=O) groups is 1. The highest BCUT2D eigenvalue weighted by molar-refractivity contribution is 5.81. The molecule has 0 aromatic rings. The SMILES string of the molecule is CCOC(=O)/C=C/C[C@H](O)[C@@H](O)[C@@H](O)CO. The molecule has 94 valence electrons. The molecular weight excluding hydrogens is 216 g/mol. The number of hydrogen-bond donors (Lipinski definition) is 4. The van der Waals surface area contributed by atoms with Crippen molar-refractivity contribution in [3.8, 4) is 0 Å². The molecule has 16 heavy (non-hydrogen) atoms. The molecule has 0 heterocycles. The minimum Gasteiger partial charge on any atom is -0.463 e. The van der Waals surface area contributed by atoms with Gasteiger partial charge in [-0.1, -0.05) is 6.08 Å². The topological polar surface area (TPSA) is 107 Å². The molecule has 0 spiro atoms. The molecule has 0 unspecified atom stereocenters. The predicted octanol–water partition coefficient (Wildman–Crippen LogP) is -1.43. The van der Waals surface area contributed by atoms with Crippen molar-refractivity contribution >= 4 is 5.97 Å². The third-order valence-corrected chi connectivity index (χ3v) is 1.89. The molecular formula is C10H18O6. The normalized spacial score (nSPS) is 17.1. The maximum atomic E-state index is 10.8. The van der Waals surface area contributed by atoms with Gasteiger partial charge in [0, 0.05) is 6.08 Å². The molecule has 0 aliphatic rings. The molecule has 0 saturated heterocycles. The Morgan fingerprint density at radius 3 is 2.44 bits per heavy atom. The van der Waals surface area contributed by atoms with Crippen LogP contribution in [0.15, 0.2) is 12.2 Å². The van der Waals surface area contributed by atoms with E-state index < -0.39 is 30.9 Å². The van der Waals surface area contributed by atoms with Crippen LogP contribution in [-0.2, 0) is 9.53 Å². The summed E-state index contributed by atoms with van der Waals surface area (Å²) in [5.74, 6) is -0.535. The quantitative estimate of drug-likeness (QED) is 0.318. The van der Waals surface area contributed by atoms with Crippen molar-refractivity contribution in [2.45, 2.75) is 31.7 Å². The van der Waals surface area contributed by atoms with Crippen molar-refractivity contribution in [3.63, 3.8) is 0 Å². The molecule has 3 atom stereocenters. The van der Waals surface area contributed by atoms with Gasteiger partial charge in [0.2, 0.25) is 0 Å². The van der Waals surface area contributed by atoms with Crippen molar-refractivity contribution < 1.29 is 30.0 Å². The summed E-state index contributed by atoms with van der Waals surface area (Å²) in [4.78, 5) is 10.8. The van der Waals surface area contributed by atoms with Gasteiger partial charge in [-0.15, -0.1) is 0 Å². The number of rotatable bonds is 7. The summed E-state index contributed by atoms with van der Waals surface area (Å²) < 4.78 is 4.59. The van der Waals surface area contributed by atoms with E-state index in [0.717, 1.165) is 6.08 Å². The molecule has 0 aliphatic carbocycles. The molecule has 0 bridgehead atoms. The minimum absolute atomic E-state index is 0.0168. The zero-order valence-electron chi connectivity index (χ0n) is 9.11. The maximum Gasteiger partial charge on any atom is 0.330 e. The Hall–Kier alpha value is -0.950. The van der Waals surface area contributed by atoms with E-state index >= 15 is 0 Å². The lowest BCUT2D eigenvalue weighted by Crippen LogP contribution is -2.39. The van der Waals surface area contributed by atoms with Crippen LogP contribution in [0.2, 0.25) is 0 Å². The fourth-order valence-corrected chi connectivity index (χ4v) is 0.998. The second kappa shape index (κ2) is 8.23. The van der Waals surface area contributed by atoms with Crippen molar-refractivity contribution in [2.24, 2.45) is 0 Å². The third-order valence-electron chi connectivity index (χ3n) is 1.89. The van der Waals surface area contributed by atoms with Crippen molar-refractivity contribution in [1.29, 1.82) is 0 Å². The number of ether oxygens (including phenoxy) is 1. The standard InChI is InChI=1S/C10H18O6/c1-2-16-9(14)5-3-4-7(12)10(15)8(13)6-11/h3,5,7-8,10-13,15H,2,4,6H2,1H3/b5-3+/t7-,8-,10+/m0/s1. The maximum absolute atomic E-state index is 10.8. The van der Waals surface area contributed by atoms with Crippen molar-refractivity contribution in [2.75, 3.05) is 13.2 Å². The van der Waals surface area contributed by atoms with Gasteiger partial charge in [-0.3, -0.25) is 0 Å². The lowest BCUT2D eigenvalue weighted by atomic mass is 10.1. The zero-order valence-corrected chi connectivity index (χ0v) is 9.11. The largest absolute Gasteiger partial charge is 0.463 e. The van der Waals surface area contributed by atoms with Gasteiger partial charge in [-0.2, -0.15) is 0 Å². The molecule has 0 aliphatic heterocycles. The van der Waals surface area contributed by atoms with Crippen LogP contribution in [-0.4, -0.2) is 57.9 Å². The Morgan fingerprint density at radius 2 is 1.94 bits per heavy atom. The van der Waals surface area contributed by atoms with Crippen LogP contribution in [0.1, 0.15) is 13.3 Å². The molecule has 0 amide bonds. The number of carbonyl (C=O) groups excluding carboxylic acids is 1. The van der Waals surface area contributed by atoms with E-state index in [-0.39, 0.29) is 13.0 Å². The van der Waals surface area contributed by atoms with Crippen molar-refractivity contribution in [3.05, 3.63) is 12.2 Å². The lowest BCUT2D eigenvalue weighted by molar-refractivity contribution is -0.137. The van der Waals surface area contributed by atoms with E-state index in [0.29, 0.717) is 0 Å². The summed E-state index contributed by atoms with van der Waals surface area (Å²) in [5.41, 5.74) is 0. The second-order valence-corrected chi connectivity index (χ2v) is 3.20. The van der Waals surface area contributed by atoms with Crippen LogP contribution in [0.25, 0.3) is 0 Å². The fraction of sp³-hybridized carbons (Fsp3) is 0.700. The first-order chi connectivity index (χ1) is 7.52. The Morgan fingerprint density at radius 1 is 1.31 bits per heavy atom. The van der Waals surface area contributed by atoms with Crippen LogP contribution in [0.5, 0.6) is 0 Å². The van der Waals surface area contributed by atoms with E-state index in [9.17, 15) is 15.0 Å². The van der Waals surface area contributed by atoms with Crippen LogP contribution >= 0.6 is 0 Å². The Labute approximate surface area is 93.8 Å². The zero-order chi connectivity index (χ0) is 12.6. The van der Waals surface area contributed by atoms with Gasteiger partial charge in [-0.05, 0) is 13.3 Å². The summed E-state index contributed by atoms with van der Waals surface area (Å²) in [6.45, 7) is 1.29. The highest BCUT2D eigenvalue weighted by atomic mass is 16.5. The Balaban J connectivity index is 3.96. The number of aliphatic hydroxyl groups excluding tert-OH is 4. The van der Waals surface area contributed by atoms with Gasteiger partial charge in [0.05, 0.1) is 19.3 Å². The summed E-state index contributed by atoms with van der Waals surface area (Å²) in [5, 5.41) is 36.1. The van der Waals surface area contributed by atoms with E-state index in [1.54, 1.807) is 6.92 Å². The Kier molecular flexibility index (Phi) is 7.74. The molecule has 6 heteroatoms. The Bertz CT molecular complexity index is 227. The first kappa shape index (κ1) is 15.0. The van der Waals surface area contributed by atoms with E-state index in [4.69, 9.17) is 10.2 Å². The summed E-state index contributed by atoms with van der Waals surface area (Å²) >= 11 is 0. The number of esters is 1. The van der Waals surface area contributed by atoms with Crippen LogP contribution in [0.4, 0.5) is 0 Å². The molecule has 0 fully saturated rings. The van der Waals surface area contributed by atoms with Gasteiger partial charge in [0.1, 0.15) is 12.2 Å². The summed E-state index contributed by atoms with van der Waals surface area (Å²) in [6.07, 6.45) is -1.65. The first-order valence-corrected chi connectivity index (χ1v) is 5.01. The molecule has 0 aromatic heterocycles. The highest BCUT2D eigenvalue weighted by Crippen LogP contribution is 2.04. The number of aliphatic hydroxyl groups is 4. The summed E-state index contributed by atoms with van der Waals surface area (Å²) in [7, 11) is 0. The van der Waals surface area contributed by atoms with Crippen molar-refractivity contribution in [1.82, 2.24) is 0 Å². The fourth-order valence-electron chi connectivity index (χ4n) is 0.998. The van der Waals surface area contributed by atoms with Crippen LogP contribution in [0.3, 0.4) is 0 Å². The first-order valence-electron chi connectivity index (χ1n) is 5.01. The molecule has 4 N–H and O–H groups in total. The van der Waals surface area contributed by atoms with E-state index in [1.165, 1.54) is 6.08 Å². The average Bonchev–Trinajstić information content (AvgIpc) is 2.27. The van der Waals surface area contributed by atoms with Gasteiger partial charge in [0.25, 0.3) is 0 Å². The highest BCUT2D eigenvalue weighted by Gasteiger charge is 2.22. The molecule has 0 rings (SSSR count). The average molecular weight is 234 g/mol. The smallest absolute Gasteiger partial charge is 0.330 e. The van der Waals surface area contributed by atoms with Gasteiger partial charge >= 0.3 is 5.97 Å². The molecule has 0 saturated carbocycles. The third kappa shape index (κ3) is 5.82. The summed E-state index contributed by atoms with van der Waals surface area (Å²) in [6, 6.07) is 0. The lowest BCUT2D eigenvalue weighted by Gasteiger charge is -2.20. The van der Waals surface area contributed by atoms with Crippen LogP contribution < -0.4 is 0 Å². The second-order valence-electron chi connectivity index (χ2n) is 3.20. The van der Waals surface area contributed by atoms with E-state index in [1.807, 2.05) is 0 Å².